The number of hydrogen-bond donors (Lipinski definition) is 3. The largest absolute Gasteiger partial charge is 0.478 e. The maximum atomic E-state index is 13.3. The number of carboxylic acids is 1. The van der Waals surface area contributed by atoms with E-state index in [0.29, 0.717) is 21.7 Å². The summed E-state index contributed by atoms with van der Waals surface area (Å²) in [6, 6.07) is 4.08. The molecule has 1 saturated carbocycles. The molecule has 3 N–H and O–H groups in total. The molecule has 0 aromatic heterocycles. The van der Waals surface area contributed by atoms with Gasteiger partial charge in [-0.05, 0) is 57.6 Å². The van der Waals surface area contributed by atoms with Crippen molar-refractivity contribution >= 4 is 27.5 Å². The van der Waals surface area contributed by atoms with E-state index >= 15 is 0 Å². The van der Waals surface area contributed by atoms with Crippen LogP contribution < -0.4 is 5.32 Å². The first kappa shape index (κ1) is 18.9. The summed E-state index contributed by atoms with van der Waals surface area (Å²) in [7, 11) is 0. The molecule has 1 aliphatic rings. The topological polar surface area (TPSA) is 69.6 Å². The molecule has 1 atom stereocenters. The third-order valence-electron chi connectivity index (χ3n) is 4.68. The zero-order valence-corrected chi connectivity index (χ0v) is 15.4. The molecule has 4 nitrogen and oxygen atoms in total. The average Bonchev–Trinajstić information content (AvgIpc) is 2.50. The first-order valence-corrected chi connectivity index (χ1v) is 8.93. The van der Waals surface area contributed by atoms with Crippen LogP contribution in [0, 0.1) is 11.7 Å². The summed E-state index contributed by atoms with van der Waals surface area (Å²) in [4.78, 5) is 11.7. The van der Waals surface area contributed by atoms with Crippen molar-refractivity contribution in [3.8, 4) is 0 Å². The van der Waals surface area contributed by atoms with E-state index in [1.165, 1.54) is 18.2 Å². The van der Waals surface area contributed by atoms with Crippen molar-refractivity contribution in [1.82, 2.24) is 5.32 Å². The molecule has 0 amide bonds. The van der Waals surface area contributed by atoms with Crippen LogP contribution in [0.25, 0.3) is 5.57 Å². The van der Waals surface area contributed by atoms with Crippen LogP contribution in [0.15, 0.2) is 28.4 Å². The van der Waals surface area contributed by atoms with Crippen LogP contribution in [0.1, 0.15) is 45.1 Å². The Morgan fingerprint density at radius 2 is 1.96 bits per heavy atom. The Labute approximate surface area is 149 Å². The van der Waals surface area contributed by atoms with Gasteiger partial charge in [0.05, 0.1) is 11.7 Å². The van der Waals surface area contributed by atoms with Gasteiger partial charge in [0.15, 0.2) is 0 Å². The van der Waals surface area contributed by atoms with Gasteiger partial charge in [0, 0.05) is 21.8 Å². The van der Waals surface area contributed by atoms with Crippen LogP contribution in [0.5, 0.6) is 0 Å². The molecule has 1 aromatic rings. The van der Waals surface area contributed by atoms with Gasteiger partial charge in [0.2, 0.25) is 0 Å². The number of rotatable bonds is 5. The van der Waals surface area contributed by atoms with E-state index in [-0.39, 0.29) is 17.7 Å². The second-order valence-corrected chi connectivity index (χ2v) is 7.29. The Hall–Kier alpha value is -1.40. The normalized spacial score (nSPS) is 23.4. The molecule has 1 fully saturated rings. The third-order valence-corrected chi connectivity index (χ3v) is 5.34. The number of aliphatic carboxylic acids is 1. The average molecular weight is 400 g/mol. The van der Waals surface area contributed by atoms with Crippen LogP contribution in [0.2, 0.25) is 0 Å². The van der Waals surface area contributed by atoms with Crippen molar-refractivity contribution in [2.75, 3.05) is 0 Å². The van der Waals surface area contributed by atoms with Crippen molar-refractivity contribution in [2.24, 2.45) is 5.92 Å². The Morgan fingerprint density at radius 3 is 2.50 bits per heavy atom. The first-order valence-electron chi connectivity index (χ1n) is 8.13. The predicted octanol–water partition coefficient (Wildman–Crippen LogP) is 3.93. The number of allylic oxidation sites excluding steroid dienone is 1. The van der Waals surface area contributed by atoms with Gasteiger partial charge in [0.25, 0.3) is 0 Å². The van der Waals surface area contributed by atoms with Crippen molar-refractivity contribution in [2.45, 2.75) is 51.7 Å². The van der Waals surface area contributed by atoms with Crippen molar-refractivity contribution in [1.29, 1.82) is 0 Å². The predicted molar refractivity (Wildman–Crippen MR) is 94.9 cm³/mol. The fraction of sp³-hybridized carbons (Fsp3) is 0.500. The molecule has 2 rings (SSSR count). The van der Waals surface area contributed by atoms with Crippen LogP contribution in [-0.2, 0) is 4.79 Å². The number of aliphatic hydroxyl groups is 1. The lowest BCUT2D eigenvalue weighted by Gasteiger charge is -2.31. The van der Waals surface area contributed by atoms with Crippen LogP contribution >= 0.6 is 15.9 Å². The fourth-order valence-corrected chi connectivity index (χ4v) is 3.85. The van der Waals surface area contributed by atoms with Crippen molar-refractivity contribution in [3.05, 3.63) is 39.7 Å². The third kappa shape index (κ3) is 4.57. The highest BCUT2D eigenvalue weighted by atomic mass is 79.9. The number of aliphatic hydroxyl groups excluding tert-OH is 1. The summed E-state index contributed by atoms with van der Waals surface area (Å²) < 4.78 is 13.7. The number of carboxylic acid groups (broad SMARTS) is 1. The number of carbonyl (C=O) groups is 1. The zero-order chi connectivity index (χ0) is 17.9. The zero-order valence-electron chi connectivity index (χ0n) is 13.9. The van der Waals surface area contributed by atoms with Gasteiger partial charge >= 0.3 is 5.97 Å². The minimum Gasteiger partial charge on any atom is -0.478 e. The maximum Gasteiger partial charge on any atom is 0.338 e. The molecule has 0 spiro atoms. The van der Waals surface area contributed by atoms with Crippen molar-refractivity contribution in [3.63, 3.8) is 0 Å². The van der Waals surface area contributed by atoms with Crippen molar-refractivity contribution < 1.29 is 19.4 Å². The lowest BCUT2D eigenvalue weighted by atomic mass is 9.83. The number of nitrogens with one attached hydrogen (secondary N) is 1. The fourth-order valence-electron chi connectivity index (χ4n) is 3.30. The molecule has 132 valence electrons. The summed E-state index contributed by atoms with van der Waals surface area (Å²) in [6.07, 6.45) is 3.20. The molecule has 1 aromatic carbocycles. The van der Waals surface area contributed by atoms with E-state index in [1.54, 1.807) is 6.92 Å². The second kappa shape index (κ2) is 8.12. The number of halogens is 2. The van der Waals surface area contributed by atoms with Gasteiger partial charge in [-0.15, -0.1) is 0 Å². The summed E-state index contributed by atoms with van der Waals surface area (Å²) in [6.45, 7) is 3.76. The molecule has 0 radical (unpaired) electrons. The highest BCUT2D eigenvalue weighted by Crippen LogP contribution is 2.30. The van der Waals surface area contributed by atoms with Gasteiger partial charge in [-0.25, -0.2) is 9.18 Å². The molecule has 0 bridgehead atoms. The highest BCUT2D eigenvalue weighted by Gasteiger charge is 2.25. The SMILES string of the molecule is C/C(NC(C)C1CCC(O)CC1)=C(/C(=O)O)c1ccc(F)cc1Br. The van der Waals surface area contributed by atoms with E-state index in [4.69, 9.17) is 0 Å². The molecular weight excluding hydrogens is 377 g/mol. The van der Waals surface area contributed by atoms with Gasteiger partial charge in [-0.2, -0.15) is 0 Å². The van der Waals surface area contributed by atoms with Gasteiger partial charge in [-0.1, -0.05) is 22.0 Å². The highest BCUT2D eigenvalue weighted by molar-refractivity contribution is 9.10. The maximum absolute atomic E-state index is 13.3. The molecule has 24 heavy (non-hydrogen) atoms. The quantitative estimate of drug-likeness (QED) is 0.655. The Kier molecular flexibility index (Phi) is 6.40. The second-order valence-electron chi connectivity index (χ2n) is 6.43. The van der Waals surface area contributed by atoms with E-state index in [9.17, 15) is 19.4 Å². The molecule has 0 heterocycles. The van der Waals surface area contributed by atoms with Gasteiger partial charge in [-0.3, -0.25) is 0 Å². The van der Waals surface area contributed by atoms with Crippen LogP contribution in [-0.4, -0.2) is 28.3 Å². The summed E-state index contributed by atoms with van der Waals surface area (Å²) in [5.74, 6) is -1.08. The number of hydrogen-bond acceptors (Lipinski definition) is 3. The molecule has 0 saturated heterocycles. The summed E-state index contributed by atoms with van der Waals surface area (Å²) >= 11 is 3.24. The standard InChI is InChI=1S/C18H23BrFNO3/c1-10(12-3-6-14(22)7-4-12)21-11(2)17(18(23)24)15-8-5-13(20)9-16(15)19/h5,8-10,12,14,21-22H,3-4,6-7H2,1-2H3,(H,23,24)/b17-11-. The molecular formula is C18H23BrFNO3. The molecule has 1 aliphatic carbocycles. The van der Waals surface area contributed by atoms with E-state index < -0.39 is 11.8 Å². The lowest BCUT2D eigenvalue weighted by molar-refractivity contribution is -0.130. The lowest BCUT2D eigenvalue weighted by Crippen LogP contribution is -2.36. The van der Waals surface area contributed by atoms with Crippen LogP contribution in [0.4, 0.5) is 4.39 Å². The molecule has 6 heteroatoms. The van der Waals surface area contributed by atoms with E-state index in [1.807, 2.05) is 6.92 Å². The van der Waals surface area contributed by atoms with Gasteiger partial charge < -0.3 is 15.5 Å². The first-order chi connectivity index (χ1) is 11.3. The Balaban J connectivity index is 2.22. The van der Waals surface area contributed by atoms with E-state index in [0.717, 1.165) is 25.7 Å². The van der Waals surface area contributed by atoms with E-state index in [2.05, 4.69) is 21.2 Å². The minimum absolute atomic E-state index is 0.103. The number of benzene rings is 1. The summed E-state index contributed by atoms with van der Waals surface area (Å²) in [5, 5.41) is 22.5. The molecule has 0 aliphatic heterocycles. The Bertz CT molecular complexity index is 639. The van der Waals surface area contributed by atoms with Crippen LogP contribution in [0.3, 0.4) is 0 Å². The monoisotopic (exact) mass is 399 g/mol. The van der Waals surface area contributed by atoms with Gasteiger partial charge in [0.1, 0.15) is 5.82 Å². The smallest absolute Gasteiger partial charge is 0.338 e. The summed E-state index contributed by atoms with van der Waals surface area (Å²) in [5.41, 5.74) is 1.12. The minimum atomic E-state index is -1.06. The Morgan fingerprint density at radius 1 is 1.33 bits per heavy atom. The molecule has 1 unspecified atom stereocenters.